The van der Waals surface area contributed by atoms with Crippen LogP contribution in [0.3, 0.4) is 0 Å². The van der Waals surface area contributed by atoms with Crippen LogP contribution < -0.4 is 5.73 Å². The maximum atomic E-state index is 6.41. The molecule has 0 fully saturated rings. The average molecular weight is 291 g/mol. The molecule has 1 aromatic rings. The predicted molar refractivity (Wildman–Crippen MR) is 90.6 cm³/mol. The molecule has 3 heteroatoms. The Bertz CT molecular complexity index is 487. The second-order valence-electron chi connectivity index (χ2n) is 7.73. The van der Waals surface area contributed by atoms with E-state index in [1.54, 1.807) is 0 Å². The lowest BCUT2D eigenvalue weighted by Crippen LogP contribution is -2.33. The van der Waals surface area contributed by atoms with Gasteiger partial charge in [0.25, 0.3) is 0 Å². The van der Waals surface area contributed by atoms with Gasteiger partial charge in [0.1, 0.15) is 0 Å². The van der Waals surface area contributed by atoms with Crippen LogP contribution in [0.1, 0.15) is 63.5 Å². The number of nitrogens with two attached hydrogens (primary N) is 1. The van der Waals surface area contributed by atoms with E-state index in [-0.39, 0.29) is 6.04 Å². The van der Waals surface area contributed by atoms with Crippen LogP contribution in [-0.2, 0) is 13.0 Å². The summed E-state index contributed by atoms with van der Waals surface area (Å²) < 4.78 is 2.51. The number of hydrogen-bond acceptors (Lipinski definition) is 2. The summed E-state index contributed by atoms with van der Waals surface area (Å²) in [6.45, 7) is 13.6. The zero-order valence-corrected chi connectivity index (χ0v) is 14.7. The maximum Gasteiger partial charge on any atom is 0.0352 e. The lowest BCUT2D eigenvalue weighted by Gasteiger charge is -2.35. The summed E-state index contributed by atoms with van der Waals surface area (Å²) in [4.78, 5) is 2.46. The van der Waals surface area contributed by atoms with Crippen LogP contribution in [0, 0.1) is 12.3 Å². The van der Waals surface area contributed by atoms with Crippen molar-refractivity contribution in [1.82, 2.24) is 9.47 Å². The van der Waals surface area contributed by atoms with Crippen LogP contribution in [0.4, 0.5) is 0 Å². The van der Waals surface area contributed by atoms with E-state index in [0.29, 0.717) is 11.5 Å². The summed E-state index contributed by atoms with van der Waals surface area (Å²) in [6, 6.07) is 3.17. The Labute approximate surface area is 130 Å². The van der Waals surface area contributed by atoms with Gasteiger partial charge in [-0.05, 0) is 57.2 Å². The molecular weight excluding hydrogens is 258 g/mol. The van der Waals surface area contributed by atoms with Gasteiger partial charge in [0.05, 0.1) is 0 Å². The molecule has 0 amide bonds. The van der Waals surface area contributed by atoms with Crippen LogP contribution in [0.2, 0.25) is 0 Å². The lowest BCUT2D eigenvalue weighted by atomic mass is 9.74. The third-order valence-electron chi connectivity index (χ3n) is 5.29. The Morgan fingerprint density at radius 3 is 2.76 bits per heavy atom. The van der Waals surface area contributed by atoms with Crippen molar-refractivity contribution in [2.45, 2.75) is 72.5 Å². The Morgan fingerprint density at radius 2 is 2.14 bits per heavy atom. The van der Waals surface area contributed by atoms with E-state index in [1.807, 2.05) is 0 Å². The van der Waals surface area contributed by atoms with Crippen molar-refractivity contribution in [2.24, 2.45) is 11.1 Å². The van der Waals surface area contributed by atoms with Crippen molar-refractivity contribution in [3.63, 3.8) is 0 Å². The number of rotatable bonds is 5. The third kappa shape index (κ3) is 3.51. The van der Waals surface area contributed by atoms with Crippen LogP contribution in [0.15, 0.2) is 6.07 Å². The van der Waals surface area contributed by atoms with Gasteiger partial charge in [-0.15, -0.1) is 0 Å². The first-order valence-corrected chi connectivity index (χ1v) is 8.40. The number of aryl methyl sites for hydroxylation is 1. The molecule has 2 N–H and O–H groups in total. The SMILES string of the molecule is CCC(C)N(C)CCn1c(C)cc2c1CC(C)(C)CC2N. The molecule has 0 saturated heterocycles. The molecule has 2 unspecified atom stereocenters. The molecule has 120 valence electrons. The van der Waals surface area contributed by atoms with E-state index in [0.717, 1.165) is 25.9 Å². The van der Waals surface area contributed by atoms with Crippen molar-refractivity contribution >= 4 is 0 Å². The standard InChI is InChI=1S/C18H33N3/c1-7-13(2)20(6)8-9-21-14(3)10-15-16(19)11-18(4,5)12-17(15)21/h10,13,16H,7-9,11-12,19H2,1-6H3. The number of likely N-dealkylation sites (N-methyl/N-ethyl adjacent to an activating group) is 1. The van der Waals surface area contributed by atoms with Crippen LogP contribution in [0.25, 0.3) is 0 Å². The van der Waals surface area contributed by atoms with E-state index >= 15 is 0 Å². The molecule has 2 rings (SSSR count). The van der Waals surface area contributed by atoms with Gasteiger partial charge >= 0.3 is 0 Å². The Hall–Kier alpha value is -0.800. The molecule has 0 radical (unpaired) electrons. The molecule has 0 aromatic carbocycles. The van der Waals surface area contributed by atoms with Crippen molar-refractivity contribution < 1.29 is 0 Å². The van der Waals surface area contributed by atoms with Gasteiger partial charge in [-0.25, -0.2) is 0 Å². The molecule has 0 spiro atoms. The minimum absolute atomic E-state index is 0.205. The minimum atomic E-state index is 0.205. The first kappa shape index (κ1) is 16.6. The summed E-state index contributed by atoms with van der Waals surface area (Å²) in [7, 11) is 2.23. The van der Waals surface area contributed by atoms with E-state index in [2.05, 4.69) is 57.2 Å². The predicted octanol–water partition coefficient (Wildman–Crippen LogP) is 3.50. The highest BCUT2D eigenvalue weighted by Crippen LogP contribution is 2.40. The summed E-state index contributed by atoms with van der Waals surface area (Å²) in [5.74, 6) is 0. The molecule has 1 heterocycles. The zero-order chi connectivity index (χ0) is 15.8. The molecule has 21 heavy (non-hydrogen) atoms. The van der Waals surface area contributed by atoms with E-state index in [1.165, 1.54) is 23.4 Å². The molecule has 0 bridgehead atoms. The van der Waals surface area contributed by atoms with Gasteiger partial charge in [0.2, 0.25) is 0 Å². The van der Waals surface area contributed by atoms with Gasteiger partial charge in [0, 0.05) is 36.6 Å². The van der Waals surface area contributed by atoms with E-state index in [9.17, 15) is 0 Å². The Kier molecular flexibility index (Phi) is 4.84. The molecule has 1 aromatic heterocycles. The van der Waals surface area contributed by atoms with Gasteiger partial charge in [-0.1, -0.05) is 20.8 Å². The topological polar surface area (TPSA) is 34.2 Å². The first-order chi connectivity index (χ1) is 9.75. The molecule has 1 aliphatic rings. The normalized spacial score (nSPS) is 22.4. The fraction of sp³-hybridized carbons (Fsp3) is 0.778. The minimum Gasteiger partial charge on any atom is -0.347 e. The lowest BCUT2D eigenvalue weighted by molar-refractivity contribution is 0.235. The van der Waals surface area contributed by atoms with Crippen molar-refractivity contribution in [3.8, 4) is 0 Å². The number of hydrogen-bond donors (Lipinski definition) is 1. The quantitative estimate of drug-likeness (QED) is 0.901. The number of fused-ring (bicyclic) bond motifs is 1. The maximum absolute atomic E-state index is 6.41. The molecule has 1 aliphatic carbocycles. The van der Waals surface area contributed by atoms with Gasteiger partial charge in [-0.2, -0.15) is 0 Å². The Balaban J connectivity index is 2.18. The molecule has 0 aliphatic heterocycles. The number of aromatic nitrogens is 1. The third-order valence-corrected chi connectivity index (χ3v) is 5.29. The summed E-state index contributed by atoms with van der Waals surface area (Å²) >= 11 is 0. The summed E-state index contributed by atoms with van der Waals surface area (Å²) in [5.41, 5.74) is 11.0. The molecule has 3 nitrogen and oxygen atoms in total. The highest BCUT2D eigenvalue weighted by Gasteiger charge is 2.33. The van der Waals surface area contributed by atoms with E-state index < -0.39 is 0 Å². The van der Waals surface area contributed by atoms with Crippen LogP contribution in [-0.4, -0.2) is 29.1 Å². The molecule has 0 saturated carbocycles. The fourth-order valence-electron chi connectivity index (χ4n) is 3.61. The monoisotopic (exact) mass is 291 g/mol. The second-order valence-corrected chi connectivity index (χ2v) is 7.73. The smallest absolute Gasteiger partial charge is 0.0352 e. The van der Waals surface area contributed by atoms with Crippen molar-refractivity contribution in [3.05, 3.63) is 23.0 Å². The molecule has 2 atom stereocenters. The van der Waals surface area contributed by atoms with Crippen LogP contribution in [0.5, 0.6) is 0 Å². The first-order valence-electron chi connectivity index (χ1n) is 8.40. The second kappa shape index (κ2) is 6.13. The zero-order valence-electron chi connectivity index (χ0n) is 14.7. The Morgan fingerprint density at radius 1 is 1.48 bits per heavy atom. The number of nitrogens with zero attached hydrogens (tertiary/aromatic N) is 2. The average Bonchev–Trinajstić information content (AvgIpc) is 2.70. The van der Waals surface area contributed by atoms with Crippen molar-refractivity contribution in [2.75, 3.05) is 13.6 Å². The van der Waals surface area contributed by atoms with Crippen molar-refractivity contribution in [1.29, 1.82) is 0 Å². The van der Waals surface area contributed by atoms with Gasteiger partial charge in [0.15, 0.2) is 0 Å². The summed E-state index contributed by atoms with van der Waals surface area (Å²) in [6.07, 6.45) is 3.45. The van der Waals surface area contributed by atoms with E-state index in [4.69, 9.17) is 5.73 Å². The highest BCUT2D eigenvalue weighted by atomic mass is 15.1. The largest absolute Gasteiger partial charge is 0.347 e. The van der Waals surface area contributed by atoms with Crippen LogP contribution >= 0.6 is 0 Å². The summed E-state index contributed by atoms with van der Waals surface area (Å²) in [5, 5.41) is 0. The van der Waals surface area contributed by atoms with Gasteiger partial charge in [-0.3, -0.25) is 0 Å². The van der Waals surface area contributed by atoms with Gasteiger partial charge < -0.3 is 15.2 Å². The molecular formula is C18H33N3. The highest BCUT2D eigenvalue weighted by molar-refractivity contribution is 5.34. The fourth-order valence-corrected chi connectivity index (χ4v) is 3.61.